The molecule has 2 N–H and O–H groups in total. The molecule has 2 rings (SSSR count). The minimum absolute atomic E-state index is 0.0382. The molecule has 1 aromatic heterocycles. The van der Waals surface area contributed by atoms with Crippen molar-refractivity contribution >= 4 is 21.6 Å². The fourth-order valence-corrected chi connectivity index (χ4v) is 3.68. The molecule has 0 radical (unpaired) electrons. The standard InChI is InChI=1S/C19H26N6O3S/c1-3-24(4-2)12-13-25-15-17(14-21-25)23-19(26)16-6-8-18(9-7-16)29(27,28)22-11-5-10-20/h6-9,14-15,22H,3-5,11-13H2,1-2H3,(H,23,26). The Balaban J connectivity index is 1.95. The first kappa shape index (κ1) is 22.5. The van der Waals surface area contributed by atoms with Gasteiger partial charge in [-0.05, 0) is 37.4 Å². The van der Waals surface area contributed by atoms with Crippen LogP contribution in [-0.2, 0) is 16.6 Å². The maximum absolute atomic E-state index is 12.4. The quantitative estimate of drug-likeness (QED) is 0.536. The van der Waals surface area contributed by atoms with Gasteiger partial charge >= 0.3 is 0 Å². The van der Waals surface area contributed by atoms with Crippen LogP contribution in [0.4, 0.5) is 5.69 Å². The number of hydrogen-bond acceptors (Lipinski definition) is 6. The monoisotopic (exact) mass is 418 g/mol. The Bertz CT molecular complexity index is 943. The van der Waals surface area contributed by atoms with E-state index < -0.39 is 10.0 Å². The lowest BCUT2D eigenvalue weighted by Crippen LogP contribution is -2.27. The molecule has 29 heavy (non-hydrogen) atoms. The zero-order valence-corrected chi connectivity index (χ0v) is 17.4. The SMILES string of the molecule is CCN(CC)CCn1cc(NC(=O)c2ccc(S(=O)(=O)NCCC#N)cc2)cn1. The van der Waals surface area contributed by atoms with Gasteiger partial charge in [0.05, 0.1) is 29.4 Å². The number of nitriles is 1. The summed E-state index contributed by atoms with van der Waals surface area (Å²) in [4.78, 5) is 14.7. The molecule has 1 aromatic carbocycles. The lowest BCUT2D eigenvalue weighted by atomic mass is 10.2. The average Bonchev–Trinajstić information content (AvgIpc) is 3.16. The number of aromatic nitrogens is 2. The molecule has 0 aliphatic heterocycles. The molecule has 0 atom stereocenters. The number of nitrogens with zero attached hydrogens (tertiary/aromatic N) is 4. The molecule has 0 aliphatic rings. The zero-order chi connectivity index (χ0) is 21.3. The van der Waals surface area contributed by atoms with Gasteiger partial charge < -0.3 is 10.2 Å². The number of anilines is 1. The molecular formula is C19H26N6O3S. The molecular weight excluding hydrogens is 392 g/mol. The number of sulfonamides is 1. The van der Waals surface area contributed by atoms with Crippen molar-refractivity contribution < 1.29 is 13.2 Å². The summed E-state index contributed by atoms with van der Waals surface area (Å²) < 4.78 is 28.3. The van der Waals surface area contributed by atoms with Crippen LogP contribution in [0.2, 0.25) is 0 Å². The summed E-state index contributed by atoms with van der Waals surface area (Å²) in [6, 6.07) is 7.47. The van der Waals surface area contributed by atoms with Gasteiger partial charge in [0.25, 0.3) is 5.91 Å². The number of likely N-dealkylation sites (N-methyl/N-ethyl adjacent to an activating group) is 1. The van der Waals surface area contributed by atoms with E-state index in [0.29, 0.717) is 11.3 Å². The molecule has 0 unspecified atom stereocenters. The molecule has 10 heteroatoms. The molecule has 0 saturated heterocycles. The first-order valence-electron chi connectivity index (χ1n) is 9.42. The Morgan fingerprint density at radius 2 is 1.93 bits per heavy atom. The lowest BCUT2D eigenvalue weighted by molar-refractivity contribution is 0.102. The van der Waals surface area contributed by atoms with Gasteiger partial charge in [-0.1, -0.05) is 13.8 Å². The van der Waals surface area contributed by atoms with E-state index in [-0.39, 0.29) is 23.8 Å². The third kappa shape index (κ3) is 6.67. The smallest absolute Gasteiger partial charge is 0.255 e. The zero-order valence-electron chi connectivity index (χ0n) is 16.6. The van der Waals surface area contributed by atoms with Crippen LogP contribution in [0.5, 0.6) is 0 Å². The molecule has 1 heterocycles. The van der Waals surface area contributed by atoms with Crippen molar-refractivity contribution in [2.24, 2.45) is 0 Å². The van der Waals surface area contributed by atoms with E-state index in [0.717, 1.165) is 26.2 Å². The van der Waals surface area contributed by atoms with Gasteiger partial charge in [0, 0.05) is 31.3 Å². The van der Waals surface area contributed by atoms with Crippen LogP contribution in [0.1, 0.15) is 30.6 Å². The predicted octanol–water partition coefficient (Wildman–Crippen LogP) is 1.67. The number of benzene rings is 1. The highest BCUT2D eigenvalue weighted by Gasteiger charge is 2.15. The third-order valence-electron chi connectivity index (χ3n) is 4.39. The van der Waals surface area contributed by atoms with E-state index in [4.69, 9.17) is 5.26 Å². The van der Waals surface area contributed by atoms with E-state index in [1.54, 1.807) is 17.1 Å². The minimum Gasteiger partial charge on any atom is -0.319 e. The van der Waals surface area contributed by atoms with Gasteiger partial charge in [-0.25, -0.2) is 13.1 Å². The van der Waals surface area contributed by atoms with Gasteiger partial charge in [0.1, 0.15) is 0 Å². The second-order valence-corrected chi connectivity index (χ2v) is 8.07. The molecule has 0 spiro atoms. The molecule has 2 aromatic rings. The highest BCUT2D eigenvalue weighted by atomic mass is 32.2. The van der Waals surface area contributed by atoms with Crippen LogP contribution in [0, 0.1) is 11.3 Å². The van der Waals surface area contributed by atoms with Gasteiger partial charge in [0.15, 0.2) is 0 Å². The van der Waals surface area contributed by atoms with Crippen molar-refractivity contribution in [2.75, 3.05) is 31.5 Å². The number of hydrogen-bond donors (Lipinski definition) is 2. The first-order chi connectivity index (χ1) is 13.9. The summed E-state index contributed by atoms with van der Waals surface area (Å²) in [6.07, 6.45) is 3.43. The van der Waals surface area contributed by atoms with Gasteiger partial charge in [-0.3, -0.25) is 9.48 Å². The van der Waals surface area contributed by atoms with E-state index in [1.807, 2.05) is 6.07 Å². The van der Waals surface area contributed by atoms with E-state index in [9.17, 15) is 13.2 Å². The maximum Gasteiger partial charge on any atom is 0.255 e. The molecule has 9 nitrogen and oxygen atoms in total. The van der Waals surface area contributed by atoms with Crippen LogP contribution in [0.15, 0.2) is 41.6 Å². The fourth-order valence-electron chi connectivity index (χ4n) is 2.65. The van der Waals surface area contributed by atoms with Crippen molar-refractivity contribution in [2.45, 2.75) is 31.7 Å². The summed E-state index contributed by atoms with van der Waals surface area (Å²) >= 11 is 0. The molecule has 0 aliphatic carbocycles. The number of carbonyl (C=O) groups excluding carboxylic acids is 1. The molecule has 0 bridgehead atoms. The number of rotatable bonds is 11. The van der Waals surface area contributed by atoms with Crippen molar-refractivity contribution in [1.29, 1.82) is 5.26 Å². The number of amides is 1. The predicted molar refractivity (Wildman–Crippen MR) is 110 cm³/mol. The largest absolute Gasteiger partial charge is 0.319 e. The van der Waals surface area contributed by atoms with E-state index >= 15 is 0 Å². The Morgan fingerprint density at radius 3 is 2.55 bits per heavy atom. The number of nitrogens with one attached hydrogen (secondary N) is 2. The second-order valence-electron chi connectivity index (χ2n) is 6.30. The summed E-state index contributed by atoms with van der Waals surface area (Å²) in [5, 5.41) is 15.5. The topological polar surface area (TPSA) is 120 Å². The van der Waals surface area contributed by atoms with Crippen LogP contribution >= 0.6 is 0 Å². The summed E-state index contributed by atoms with van der Waals surface area (Å²) in [5.74, 6) is -0.352. The van der Waals surface area contributed by atoms with Crippen LogP contribution < -0.4 is 10.0 Å². The van der Waals surface area contributed by atoms with Crippen molar-refractivity contribution in [3.05, 3.63) is 42.2 Å². The average molecular weight is 419 g/mol. The van der Waals surface area contributed by atoms with Crippen molar-refractivity contribution in [3.8, 4) is 6.07 Å². The van der Waals surface area contributed by atoms with Crippen molar-refractivity contribution in [3.63, 3.8) is 0 Å². The van der Waals surface area contributed by atoms with Gasteiger partial charge in [0.2, 0.25) is 10.0 Å². The molecule has 0 saturated carbocycles. The van der Waals surface area contributed by atoms with E-state index in [2.05, 4.69) is 33.9 Å². The maximum atomic E-state index is 12.4. The van der Waals surface area contributed by atoms with Gasteiger partial charge in [-0.2, -0.15) is 10.4 Å². The Kier molecular flexibility index (Phi) is 8.33. The molecule has 1 amide bonds. The lowest BCUT2D eigenvalue weighted by Gasteiger charge is -2.17. The summed E-state index contributed by atoms with van der Waals surface area (Å²) in [7, 11) is -3.70. The summed E-state index contributed by atoms with van der Waals surface area (Å²) in [6.45, 7) is 7.80. The highest BCUT2D eigenvalue weighted by molar-refractivity contribution is 7.89. The highest BCUT2D eigenvalue weighted by Crippen LogP contribution is 2.13. The number of carbonyl (C=O) groups is 1. The Hall–Kier alpha value is -2.74. The normalized spacial score (nSPS) is 11.4. The van der Waals surface area contributed by atoms with Crippen LogP contribution in [0.25, 0.3) is 0 Å². The van der Waals surface area contributed by atoms with Gasteiger partial charge in [-0.15, -0.1) is 0 Å². The summed E-state index contributed by atoms with van der Waals surface area (Å²) in [5.41, 5.74) is 0.904. The van der Waals surface area contributed by atoms with E-state index in [1.165, 1.54) is 24.3 Å². The first-order valence-corrected chi connectivity index (χ1v) is 10.9. The Labute approximate surface area is 171 Å². The second kappa shape index (κ2) is 10.7. The third-order valence-corrected chi connectivity index (χ3v) is 5.86. The van der Waals surface area contributed by atoms with Crippen LogP contribution in [-0.4, -0.2) is 55.2 Å². The fraction of sp³-hybridized carbons (Fsp3) is 0.421. The minimum atomic E-state index is -3.70. The Morgan fingerprint density at radius 1 is 1.24 bits per heavy atom. The van der Waals surface area contributed by atoms with Crippen molar-refractivity contribution in [1.82, 2.24) is 19.4 Å². The van der Waals surface area contributed by atoms with Crippen LogP contribution in [0.3, 0.4) is 0 Å². The molecule has 156 valence electrons. The molecule has 0 fully saturated rings.